The fourth-order valence-corrected chi connectivity index (χ4v) is 3.74. The molecule has 0 unspecified atom stereocenters. The summed E-state index contributed by atoms with van der Waals surface area (Å²) in [6.07, 6.45) is 2.55. The SMILES string of the molecule is CCOC(=O)CCCC(=O)N1CCC(n2c(=O)oc3cccc(C)c32)CC1. The number of nitrogens with zero attached hydrogens (tertiary/aromatic N) is 2. The van der Waals surface area contributed by atoms with Crippen LogP contribution < -0.4 is 5.76 Å². The molecule has 1 aromatic carbocycles. The number of ether oxygens (including phenoxy) is 1. The fraction of sp³-hybridized carbons (Fsp3) is 0.550. The number of para-hydroxylation sites is 1. The van der Waals surface area contributed by atoms with Crippen LogP contribution in [0, 0.1) is 6.92 Å². The van der Waals surface area contributed by atoms with Crippen molar-refractivity contribution in [3.8, 4) is 0 Å². The van der Waals surface area contributed by atoms with Crippen LogP contribution in [0.2, 0.25) is 0 Å². The van der Waals surface area contributed by atoms with Crippen molar-refractivity contribution in [2.45, 2.75) is 52.0 Å². The van der Waals surface area contributed by atoms with E-state index in [-0.39, 0.29) is 30.1 Å². The molecule has 146 valence electrons. The number of carbonyl (C=O) groups is 2. The average molecular weight is 374 g/mol. The lowest BCUT2D eigenvalue weighted by molar-refractivity contribution is -0.143. The van der Waals surface area contributed by atoms with Crippen molar-refractivity contribution >= 4 is 23.0 Å². The molecule has 7 nitrogen and oxygen atoms in total. The third kappa shape index (κ3) is 4.23. The Balaban J connectivity index is 1.58. The highest BCUT2D eigenvalue weighted by Crippen LogP contribution is 2.27. The molecule has 1 aliphatic heterocycles. The van der Waals surface area contributed by atoms with Crippen LogP contribution in [0.5, 0.6) is 0 Å². The number of rotatable bonds is 6. The monoisotopic (exact) mass is 374 g/mol. The number of hydrogen-bond donors (Lipinski definition) is 0. The second-order valence-corrected chi connectivity index (χ2v) is 6.93. The molecule has 2 aromatic rings. The molecule has 1 fully saturated rings. The molecular weight excluding hydrogens is 348 g/mol. The summed E-state index contributed by atoms with van der Waals surface area (Å²) in [6.45, 7) is 5.31. The molecule has 1 saturated heterocycles. The van der Waals surface area contributed by atoms with Crippen molar-refractivity contribution in [2.24, 2.45) is 0 Å². The smallest absolute Gasteiger partial charge is 0.420 e. The van der Waals surface area contributed by atoms with Gasteiger partial charge in [0.25, 0.3) is 0 Å². The van der Waals surface area contributed by atoms with Gasteiger partial charge in [-0.2, -0.15) is 0 Å². The molecule has 0 saturated carbocycles. The Labute approximate surface area is 157 Å². The third-order valence-electron chi connectivity index (χ3n) is 5.09. The van der Waals surface area contributed by atoms with E-state index in [4.69, 9.17) is 9.15 Å². The van der Waals surface area contributed by atoms with Gasteiger partial charge >= 0.3 is 11.7 Å². The Bertz CT molecular complexity index is 874. The Morgan fingerprint density at radius 1 is 1.22 bits per heavy atom. The fourth-order valence-electron chi connectivity index (χ4n) is 3.74. The van der Waals surface area contributed by atoms with Gasteiger partial charge < -0.3 is 14.1 Å². The molecule has 1 amide bonds. The van der Waals surface area contributed by atoms with Crippen LogP contribution in [0.25, 0.3) is 11.1 Å². The summed E-state index contributed by atoms with van der Waals surface area (Å²) in [6, 6.07) is 5.68. The number of fused-ring (bicyclic) bond motifs is 1. The van der Waals surface area contributed by atoms with E-state index in [2.05, 4.69) is 0 Å². The van der Waals surface area contributed by atoms with Crippen molar-refractivity contribution in [1.82, 2.24) is 9.47 Å². The van der Waals surface area contributed by atoms with Crippen molar-refractivity contribution in [1.29, 1.82) is 0 Å². The molecule has 3 rings (SSSR count). The summed E-state index contributed by atoms with van der Waals surface area (Å²) in [7, 11) is 0. The molecule has 1 aliphatic rings. The highest BCUT2D eigenvalue weighted by atomic mass is 16.5. The van der Waals surface area contributed by atoms with Gasteiger partial charge in [0.05, 0.1) is 12.1 Å². The molecule has 0 atom stereocenters. The predicted octanol–water partition coefficient (Wildman–Crippen LogP) is 2.80. The standard InChI is InChI=1S/C20H26N2O5/c1-3-26-18(24)9-5-8-17(23)21-12-10-15(11-13-21)22-19-14(2)6-4-7-16(19)27-20(22)25/h4,6-7,15H,3,5,8-13H2,1-2H3. The van der Waals surface area contributed by atoms with Crippen LogP contribution >= 0.6 is 0 Å². The second-order valence-electron chi connectivity index (χ2n) is 6.93. The van der Waals surface area contributed by atoms with E-state index in [0.717, 1.165) is 11.1 Å². The van der Waals surface area contributed by atoms with Gasteiger partial charge in [-0.25, -0.2) is 4.79 Å². The van der Waals surface area contributed by atoms with Crippen LogP contribution in [0.1, 0.15) is 50.6 Å². The summed E-state index contributed by atoms with van der Waals surface area (Å²) in [5.74, 6) is -0.539. The maximum atomic E-state index is 12.4. The molecule has 0 N–H and O–H groups in total. The van der Waals surface area contributed by atoms with Crippen molar-refractivity contribution < 1.29 is 18.7 Å². The third-order valence-corrected chi connectivity index (χ3v) is 5.09. The number of aromatic nitrogens is 1. The quantitative estimate of drug-likeness (QED) is 0.726. The van der Waals surface area contributed by atoms with E-state index in [0.29, 0.717) is 51.0 Å². The minimum atomic E-state index is -0.335. The van der Waals surface area contributed by atoms with E-state index in [1.54, 1.807) is 11.5 Å². The largest absolute Gasteiger partial charge is 0.466 e. The van der Waals surface area contributed by atoms with E-state index in [1.807, 2.05) is 30.0 Å². The lowest BCUT2D eigenvalue weighted by Crippen LogP contribution is -2.40. The van der Waals surface area contributed by atoms with Gasteiger partial charge in [-0.15, -0.1) is 0 Å². The number of oxazole rings is 1. The van der Waals surface area contributed by atoms with Crippen LogP contribution in [-0.2, 0) is 14.3 Å². The van der Waals surface area contributed by atoms with Crippen LogP contribution in [0.3, 0.4) is 0 Å². The maximum absolute atomic E-state index is 12.4. The first-order chi connectivity index (χ1) is 13.0. The zero-order chi connectivity index (χ0) is 19.4. The lowest BCUT2D eigenvalue weighted by Gasteiger charge is -2.32. The van der Waals surface area contributed by atoms with E-state index in [1.165, 1.54) is 0 Å². The maximum Gasteiger partial charge on any atom is 0.420 e. The number of aryl methyl sites for hydroxylation is 1. The molecule has 27 heavy (non-hydrogen) atoms. The van der Waals surface area contributed by atoms with Gasteiger partial charge in [-0.3, -0.25) is 14.2 Å². The topological polar surface area (TPSA) is 81.8 Å². The number of amides is 1. The van der Waals surface area contributed by atoms with Gasteiger partial charge in [-0.05, 0) is 44.7 Å². The highest BCUT2D eigenvalue weighted by Gasteiger charge is 2.27. The normalized spacial score (nSPS) is 15.3. The highest BCUT2D eigenvalue weighted by molar-refractivity contribution is 5.78. The van der Waals surface area contributed by atoms with Crippen molar-refractivity contribution in [2.75, 3.05) is 19.7 Å². The van der Waals surface area contributed by atoms with Crippen LogP contribution in [0.4, 0.5) is 0 Å². The number of piperidine rings is 1. The van der Waals surface area contributed by atoms with Crippen LogP contribution in [-0.4, -0.2) is 41.0 Å². The minimum absolute atomic E-state index is 0.0310. The average Bonchev–Trinajstić information content (AvgIpc) is 2.99. The number of carbonyl (C=O) groups excluding carboxylic acids is 2. The van der Waals surface area contributed by atoms with Gasteiger partial charge in [-0.1, -0.05) is 12.1 Å². The first-order valence-electron chi connectivity index (χ1n) is 9.55. The Morgan fingerprint density at radius 3 is 2.67 bits per heavy atom. The molecule has 0 bridgehead atoms. The Kier molecular flexibility index (Phi) is 5.98. The summed E-state index contributed by atoms with van der Waals surface area (Å²) in [4.78, 5) is 37.9. The second kappa shape index (κ2) is 8.41. The van der Waals surface area contributed by atoms with Gasteiger partial charge in [0.2, 0.25) is 5.91 Å². The van der Waals surface area contributed by atoms with Gasteiger partial charge in [0.1, 0.15) is 0 Å². The van der Waals surface area contributed by atoms with Crippen LogP contribution in [0.15, 0.2) is 27.4 Å². The predicted molar refractivity (Wildman–Crippen MR) is 101 cm³/mol. The number of likely N-dealkylation sites (tertiary alicyclic amines) is 1. The Hall–Kier alpha value is -2.57. The number of benzene rings is 1. The number of hydrogen-bond acceptors (Lipinski definition) is 5. The molecule has 2 heterocycles. The lowest BCUT2D eigenvalue weighted by atomic mass is 10.0. The Morgan fingerprint density at radius 2 is 1.96 bits per heavy atom. The molecule has 0 spiro atoms. The molecule has 0 radical (unpaired) electrons. The van der Waals surface area contributed by atoms with Gasteiger partial charge in [0, 0.05) is 32.0 Å². The summed E-state index contributed by atoms with van der Waals surface area (Å²) in [5, 5.41) is 0. The zero-order valence-corrected chi connectivity index (χ0v) is 15.9. The molecule has 1 aromatic heterocycles. The van der Waals surface area contributed by atoms with E-state index >= 15 is 0 Å². The van der Waals surface area contributed by atoms with E-state index < -0.39 is 0 Å². The summed E-state index contributed by atoms with van der Waals surface area (Å²) < 4.78 is 12.0. The minimum Gasteiger partial charge on any atom is -0.466 e. The first kappa shape index (κ1) is 19.2. The summed E-state index contributed by atoms with van der Waals surface area (Å²) >= 11 is 0. The van der Waals surface area contributed by atoms with Gasteiger partial charge in [0.15, 0.2) is 5.58 Å². The molecule has 7 heteroatoms. The molecule has 0 aliphatic carbocycles. The van der Waals surface area contributed by atoms with Crippen molar-refractivity contribution in [3.05, 3.63) is 34.3 Å². The number of esters is 1. The molecular formula is C20H26N2O5. The first-order valence-corrected chi connectivity index (χ1v) is 9.55. The zero-order valence-electron chi connectivity index (χ0n) is 15.9. The van der Waals surface area contributed by atoms with Crippen molar-refractivity contribution in [3.63, 3.8) is 0 Å². The summed E-state index contributed by atoms with van der Waals surface area (Å²) in [5.41, 5.74) is 2.47. The van der Waals surface area contributed by atoms with E-state index in [9.17, 15) is 14.4 Å².